The van der Waals surface area contributed by atoms with E-state index >= 15 is 0 Å². The highest BCUT2D eigenvalue weighted by molar-refractivity contribution is 6.23. The Bertz CT molecular complexity index is 814. The number of aliphatic imine (C=N–C) groups is 2. The zero-order valence-electron chi connectivity index (χ0n) is 15.4. The second kappa shape index (κ2) is 10.5. The third-order valence-electron chi connectivity index (χ3n) is 3.44. The van der Waals surface area contributed by atoms with Crippen LogP contribution in [0.25, 0.3) is 0 Å². The summed E-state index contributed by atoms with van der Waals surface area (Å²) < 4.78 is 0. The van der Waals surface area contributed by atoms with Crippen molar-refractivity contribution in [3.63, 3.8) is 0 Å². The van der Waals surface area contributed by atoms with E-state index in [1.54, 1.807) is 36.6 Å². The number of amidine groups is 1. The fraction of sp³-hybridized carbons (Fsp3) is 0. The summed E-state index contributed by atoms with van der Waals surface area (Å²) in [4.78, 5) is 10.9. The topological polar surface area (TPSA) is 28.0 Å². The van der Waals surface area contributed by atoms with Crippen LogP contribution in [0.2, 0.25) is 0 Å². The van der Waals surface area contributed by atoms with E-state index in [0.717, 1.165) is 22.3 Å². The van der Waals surface area contributed by atoms with Gasteiger partial charge in [0.1, 0.15) is 19.5 Å². The summed E-state index contributed by atoms with van der Waals surface area (Å²) in [5.41, 5.74) is 3.51. The predicted molar refractivity (Wildman–Crippen MR) is 119 cm³/mol. The first-order valence-electron chi connectivity index (χ1n) is 8.07. The van der Waals surface area contributed by atoms with Crippen LogP contribution in [0.4, 0.5) is 0 Å². The fourth-order valence-electron chi connectivity index (χ4n) is 2.37. The van der Waals surface area contributed by atoms with Gasteiger partial charge in [-0.05, 0) is 12.2 Å². The van der Waals surface area contributed by atoms with E-state index in [1.807, 2.05) is 31.0 Å². The van der Waals surface area contributed by atoms with E-state index < -0.39 is 0 Å². The Morgan fingerprint density at radius 3 is 2.23 bits per heavy atom. The van der Waals surface area contributed by atoms with Crippen molar-refractivity contribution >= 4 is 19.9 Å². The van der Waals surface area contributed by atoms with E-state index in [0.29, 0.717) is 11.7 Å². The van der Waals surface area contributed by atoms with Crippen molar-refractivity contribution in [1.82, 2.24) is 4.90 Å². The molecule has 0 N–H and O–H groups in total. The predicted octanol–water partition coefficient (Wildman–Crippen LogP) is 4.38. The van der Waals surface area contributed by atoms with Gasteiger partial charge in [-0.2, -0.15) is 0 Å². The smallest absolute Gasteiger partial charge is 0.146 e. The molecule has 0 saturated heterocycles. The van der Waals surface area contributed by atoms with Crippen molar-refractivity contribution < 1.29 is 0 Å². The quantitative estimate of drug-likeness (QED) is 0.347. The minimum Gasteiger partial charge on any atom is -0.278 e. The van der Waals surface area contributed by atoms with Crippen LogP contribution in [-0.4, -0.2) is 24.8 Å². The van der Waals surface area contributed by atoms with Gasteiger partial charge in [-0.25, -0.2) is 9.98 Å². The van der Waals surface area contributed by atoms with Crippen molar-refractivity contribution in [2.75, 3.05) is 0 Å². The summed E-state index contributed by atoms with van der Waals surface area (Å²) in [6.07, 6.45) is 17.4. The average Bonchev–Trinajstić information content (AvgIpc) is 2.92. The minimum absolute atomic E-state index is 0.673. The van der Waals surface area contributed by atoms with Crippen molar-refractivity contribution in [3.8, 4) is 0 Å². The van der Waals surface area contributed by atoms with Gasteiger partial charge in [0.05, 0.1) is 0 Å². The van der Waals surface area contributed by atoms with E-state index in [2.05, 4.69) is 49.5 Å². The van der Waals surface area contributed by atoms with E-state index in [9.17, 15) is 0 Å². The molecule has 0 aliphatic carbocycles. The lowest BCUT2D eigenvalue weighted by molar-refractivity contribution is 0.656. The Labute approximate surface area is 157 Å². The lowest BCUT2D eigenvalue weighted by atomic mass is 9.94. The van der Waals surface area contributed by atoms with Crippen molar-refractivity contribution in [2.24, 2.45) is 9.98 Å². The Hall–Kier alpha value is -3.40. The summed E-state index contributed by atoms with van der Waals surface area (Å²) in [7, 11) is 1.97. The molecule has 0 aromatic carbocycles. The van der Waals surface area contributed by atoms with Crippen LogP contribution in [0.1, 0.15) is 0 Å². The first kappa shape index (κ1) is 20.6. The van der Waals surface area contributed by atoms with Gasteiger partial charge in [0.2, 0.25) is 0 Å². The summed E-state index contributed by atoms with van der Waals surface area (Å²) in [5, 5.41) is 0. The number of nitrogens with zero attached hydrogens (tertiary/aromatic N) is 3. The Balaban J connectivity index is 3.87. The summed E-state index contributed by atoms with van der Waals surface area (Å²) >= 11 is 0. The van der Waals surface area contributed by atoms with Gasteiger partial charge < -0.3 is 0 Å². The third kappa shape index (κ3) is 4.58. The number of hydrogen-bond donors (Lipinski definition) is 0. The Kier molecular flexibility index (Phi) is 8.31. The molecule has 0 radical (unpaired) electrons. The molecule has 0 unspecified atom stereocenters. The first-order valence-corrected chi connectivity index (χ1v) is 8.07. The van der Waals surface area contributed by atoms with E-state index in [4.69, 9.17) is 0 Å². The van der Waals surface area contributed by atoms with Gasteiger partial charge >= 0.3 is 0 Å². The maximum Gasteiger partial charge on any atom is 0.146 e. The van der Waals surface area contributed by atoms with Gasteiger partial charge in [-0.15, -0.1) is 0 Å². The molecular formula is C22H24BN3. The molecule has 130 valence electrons. The number of hydrogen-bond acceptors (Lipinski definition) is 2. The van der Waals surface area contributed by atoms with E-state index in [1.165, 1.54) is 6.20 Å². The maximum atomic E-state index is 4.55. The molecule has 1 heterocycles. The molecule has 4 heteroatoms. The maximum absolute atomic E-state index is 4.55. The fourth-order valence-corrected chi connectivity index (χ4v) is 2.37. The summed E-state index contributed by atoms with van der Waals surface area (Å²) in [5.74, 6) is 1.35. The second-order valence-corrected chi connectivity index (χ2v) is 5.16. The molecule has 1 rings (SSSR count). The van der Waals surface area contributed by atoms with Crippen LogP contribution in [0.5, 0.6) is 0 Å². The Morgan fingerprint density at radius 2 is 1.73 bits per heavy atom. The molecule has 1 aliphatic rings. The molecule has 0 spiro atoms. The van der Waals surface area contributed by atoms with Crippen LogP contribution < -0.4 is 0 Å². The standard InChI is InChI=1S/C22H24BN3/c1-7-13-18(16-17(23)10-4)26-21(25-15-9-3)19(11-5)20(14-8-2)22(26)24-12-6/h7-16H,1-6,23H2/b17-16+,18-13+,20-14-,24-22+,25-15-. The molecule has 0 aromatic rings. The van der Waals surface area contributed by atoms with Gasteiger partial charge in [-0.1, -0.05) is 81.4 Å². The van der Waals surface area contributed by atoms with Crippen LogP contribution in [0.15, 0.2) is 132 Å². The Morgan fingerprint density at radius 1 is 1.00 bits per heavy atom. The van der Waals surface area contributed by atoms with Crippen LogP contribution >= 0.6 is 0 Å². The minimum atomic E-state index is 0.673. The molecule has 3 nitrogen and oxygen atoms in total. The van der Waals surface area contributed by atoms with E-state index in [-0.39, 0.29) is 0 Å². The lowest BCUT2D eigenvalue weighted by Gasteiger charge is -2.22. The lowest BCUT2D eigenvalue weighted by Crippen LogP contribution is -2.24. The molecule has 1 aliphatic heterocycles. The van der Waals surface area contributed by atoms with Gasteiger partial charge in [0, 0.05) is 29.3 Å². The van der Waals surface area contributed by atoms with Crippen molar-refractivity contribution in [2.45, 2.75) is 0 Å². The van der Waals surface area contributed by atoms with Crippen LogP contribution in [0, 0.1) is 0 Å². The van der Waals surface area contributed by atoms with Gasteiger partial charge in [0.25, 0.3) is 0 Å². The SMILES string of the molecule is B/C(C=C)=C/C(=C\C=C)N1C(/N=C\C=C)=C(C=C)C(=C/C=C)/C1=N\C=C. The highest BCUT2D eigenvalue weighted by atomic mass is 15.3. The van der Waals surface area contributed by atoms with Crippen molar-refractivity contribution in [3.05, 3.63) is 122 Å². The van der Waals surface area contributed by atoms with Crippen LogP contribution in [-0.2, 0) is 0 Å². The van der Waals surface area contributed by atoms with Gasteiger partial charge in [0.15, 0.2) is 0 Å². The molecule has 0 fully saturated rings. The largest absolute Gasteiger partial charge is 0.278 e. The molecule has 0 aromatic heterocycles. The molecular weight excluding hydrogens is 317 g/mol. The summed E-state index contributed by atoms with van der Waals surface area (Å²) in [6.45, 7) is 22.8. The highest BCUT2D eigenvalue weighted by Gasteiger charge is 2.32. The second-order valence-electron chi connectivity index (χ2n) is 5.16. The van der Waals surface area contributed by atoms with Crippen LogP contribution in [0.3, 0.4) is 0 Å². The number of allylic oxidation sites excluding steroid dienone is 9. The monoisotopic (exact) mass is 341 g/mol. The molecule has 0 atom stereocenters. The zero-order valence-corrected chi connectivity index (χ0v) is 15.4. The average molecular weight is 341 g/mol. The number of rotatable bonds is 9. The summed E-state index contributed by atoms with van der Waals surface area (Å²) in [6, 6.07) is 0. The molecule has 0 amide bonds. The normalized spacial score (nSPS) is 18.5. The van der Waals surface area contributed by atoms with Gasteiger partial charge in [-0.3, -0.25) is 4.90 Å². The highest BCUT2D eigenvalue weighted by Crippen LogP contribution is 2.35. The molecule has 0 saturated carbocycles. The first-order chi connectivity index (χ1) is 12.6. The van der Waals surface area contributed by atoms with Crippen molar-refractivity contribution in [1.29, 1.82) is 0 Å². The third-order valence-corrected chi connectivity index (χ3v) is 3.44. The molecule has 26 heavy (non-hydrogen) atoms. The molecule has 0 bridgehead atoms. The zero-order chi connectivity index (χ0) is 19.5.